The van der Waals surface area contributed by atoms with Crippen molar-refractivity contribution in [2.24, 2.45) is 0 Å². The van der Waals surface area contributed by atoms with Gasteiger partial charge in [-0.25, -0.2) is 0 Å². The number of rotatable bonds is 4. The van der Waals surface area contributed by atoms with Crippen molar-refractivity contribution in [3.8, 4) is 11.5 Å². The molecule has 1 aromatic carbocycles. The van der Waals surface area contributed by atoms with Gasteiger partial charge in [-0.05, 0) is 34.3 Å². The van der Waals surface area contributed by atoms with Crippen LogP contribution >= 0.6 is 11.8 Å². The van der Waals surface area contributed by atoms with Crippen molar-refractivity contribution in [2.45, 2.75) is 6.42 Å². The Kier molecular flexibility index (Phi) is 4.21. The maximum Gasteiger partial charge on any atom is 0.142 e. The van der Waals surface area contributed by atoms with Gasteiger partial charge in [0.25, 0.3) is 0 Å². The highest BCUT2D eigenvalue weighted by molar-refractivity contribution is 8.02. The molecule has 0 bridgehead atoms. The molecule has 0 N–H and O–H groups in total. The smallest absolute Gasteiger partial charge is 0.142 e. The molecule has 4 aliphatic rings. The van der Waals surface area contributed by atoms with Gasteiger partial charge in [0.05, 0.1) is 19.4 Å². The van der Waals surface area contributed by atoms with Gasteiger partial charge in [-0.2, -0.15) is 0 Å². The number of ether oxygens (including phenoxy) is 2. The lowest BCUT2D eigenvalue weighted by Gasteiger charge is -2.36. The van der Waals surface area contributed by atoms with E-state index in [2.05, 4.69) is 39.5 Å². The second kappa shape index (κ2) is 6.71. The molecule has 1 saturated heterocycles. The SMILES string of the molecule is COc1cc2c(cc1N1CCN(CC3=CC4=CSCC4=C3)CC1)OCC2. The van der Waals surface area contributed by atoms with Crippen molar-refractivity contribution in [1.29, 1.82) is 0 Å². The molecule has 1 aromatic rings. The van der Waals surface area contributed by atoms with Crippen LogP contribution in [0.15, 0.2) is 46.4 Å². The molecule has 0 spiro atoms. The second-order valence-electron chi connectivity index (χ2n) is 7.27. The van der Waals surface area contributed by atoms with Crippen LogP contribution in [-0.2, 0) is 6.42 Å². The van der Waals surface area contributed by atoms with Crippen LogP contribution in [0, 0.1) is 0 Å². The largest absolute Gasteiger partial charge is 0.495 e. The number of methoxy groups -OCH3 is 1. The van der Waals surface area contributed by atoms with Crippen LogP contribution in [-0.4, -0.2) is 57.1 Å². The third-order valence-electron chi connectivity index (χ3n) is 5.63. The first kappa shape index (κ1) is 16.3. The van der Waals surface area contributed by atoms with Gasteiger partial charge in [0.15, 0.2) is 0 Å². The molecule has 1 fully saturated rings. The van der Waals surface area contributed by atoms with Gasteiger partial charge < -0.3 is 14.4 Å². The molecule has 1 aliphatic carbocycles. The average Bonchev–Trinajstić information content (AvgIpc) is 3.36. The van der Waals surface area contributed by atoms with Crippen molar-refractivity contribution in [3.63, 3.8) is 0 Å². The van der Waals surface area contributed by atoms with Gasteiger partial charge in [0.2, 0.25) is 0 Å². The molecule has 0 atom stereocenters. The van der Waals surface area contributed by atoms with Gasteiger partial charge >= 0.3 is 0 Å². The van der Waals surface area contributed by atoms with E-state index in [1.54, 1.807) is 7.11 Å². The molecular weight excluding hydrogens is 344 g/mol. The van der Waals surface area contributed by atoms with Crippen molar-refractivity contribution < 1.29 is 9.47 Å². The third kappa shape index (κ3) is 2.93. The van der Waals surface area contributed by atoms with Crippen LogP contribution in [0.1, 0.15) is 5.56 Å². The number of hydrogen-bond acceptors (Lipinski definition) is 5. The molecule has 0 unspecified atom stereocenters. The molecule has 5 heteroatoms. The lowest BCUT2D eigenvalue weighted by atomic mass is 10.1. The molecule has 0 aromatic heterocycles. The number of allylic oxidation sites excluding steroid dienone is 2. The van der Waals surface area contributed by atoms with Crippen molar-refractivity contribution in [3.05, 3.63) is 52.0 Å². The maximum absolute atomic E-state index is 5.76. The van der Waals surface area contributed by atoms with Crippen LogP contribution in [0.4, 0.5) is 5.69 Å². The summed E-state index contributed by atoms with van der Waals surface area (Å²) in [6.07, 6.45) is 5.74. The minimum atomic E-state index is 0.787. The van der Waals surface area contributed by atoms with E-state index in [1.165, 1.54) is 28.0 Å². The van der Waals surface area contributed by atoms with E-state index >= 15 is 0 Å². The van der Waals surface area contributed by atoms with Gasteiger partial charge in [-0.15, -0.1) is 11.8 Å². The van der Waals surface area contributed by atoms with E-state index in [9.17, 15) is 0 Å². The molecule has 5 rings (SSSR count). The minimum absolute atomic E-state index is 0.787. The average molecular weight is 369 g/mol. The Balaban J connectivity index is 1.25. The Morgan fingerprint density at radius 2 is 2.04 bits per heavy atom. The summed E-state index contributed by atoms with van der Waals surface area (Å²) in [5.41, 5.74) is 6.84. The zero-order valence-electron chi connectivity index (χ0n) is 15.2. The van der Waals surface area contributed by atoms with Gasteiger partial charge in [0.1, 0.15) is 11.5 Å². The molecular formula is C21H24N2O2S. The summed E-state index contributed by atoms with van der Waals surface area (Å²) >= 11 is 1.91. The van der Waals surface area contributed by atoms with E-state index in [0.717, 1.165) is 63.0 Å². The summed E-state index contributed by atoms with van der Waals surface area (Å²) in [6, 6.07) is 4.33. The standard InChI is InChI=1S/C21H24N2O2S/c1-24-21-10-16-2-7-25-20(16)11-19(21)23-5-3-22(4-6-23)12-15-8-17-13-26-14-18(17)9-15/h8-11,13H,2-7,12,14H2,1H3. The Morgan fingerprint density at radius 3 is 2.85 bits per heavy atom. The summed E-state index contributed by atoms with van der Waals surface area (Å²) < 4.78 is 11.4. The molecule has 0 saturated carbocycles. The summed E-state index contributed by atoms with van der Waals surface area (Å²) in [6.45, 7) is 6.05. The summed E-state index contributed by atoms with van der Waals surface area (Å²) in [7, 11) is 1.77. The van der Waals surface area contributed by atoms with Crippen molar-refractivity contribution in [1.82, 2.24) is 4.90 Å². The van der Waals surface area contributed by atoms with E-state index in [-0.39, 0.29) is 0 Å². The Labute approximate surface area is 159 Å². The monoisotopic (exact) mass is 368 g/mol. The normalized spacial score (nSPS) is 21.7. The Bertz CT molecular complexity index is 820. The highest BCUT2D eigenvalue weighted by Crippen LogP contribution is 2.39. The fourth-order valence-corrected chi connectivity index (χ4v) is 5.11. The van der Waals surface area contributed by atoms with E-state index in [0.29, 0.717) is 0 Å². The van der Waals surface area contributed by atoms with Crippen LogP contribution in [0.2, 0.25) is 0 Å². The first-order chi connectivity index (χ1) is 12.8. The topological polar surface area (TPSA) is 24.9 Å². The van der Waals surface area contributed by atoms with E-state index in [4.69, 9.17) is 9.47 Å². The second-order valence-corrected chi connectivity index (χ2v) is 8.12. The summed E-state index contributed by atoms with van der Waals surface area (Å²) in [5, 5.41) is 2.29. The van der Waals surface area contributed by atoms with Gasteiger partial charge in [-0.3, -0.25) is 4.90 Å². The number of fused-ring (bicyclic) bond motifs is 2. The zero-order valence-corrected chi connectivity index (χ0v) is 16.0. The Morgan fingerprint density at radius 1 is 1.15 bits per heavy atom. The number of nitrogens with zero attached hydrogens (tertiary/aromatic N) is 2. The van der Waals surface area contributed by atoms with Crippen LogP contribution in [0.5, 0.6) is 11.5 Å². The molecule has 3 heterocycles. The number of hydrogen-bond donors (Lipinski definition) is 0. The van der Waals surface area contributed by atoms with Crippen LogP contribution in [0.25, 0.3) is 0 Å². The van der Waals surface area contributed by atoms with E-state index in [1.807, 2.05) is 11.8 Å². The van der Waals surface area contributed by atoms with Crippen molar-refractivity contribution in [2.75, 3.05) is 57.1 Å². The molecule has 0 amide bonds. The van der Waals surface area contributed by atoms with Crippen LogP contribution in [0.3, 0.4) is 0 Å². The quantitative estimate of drug-likeness (QED) is 0.812. The number of thioether (sulfide) groups is 1. The molecule has 26 heavy (non-hydrogen) atoms. The summed E-state index contributed by atoms with van der Waals surface area (Å²) in [5.74, 6) is 3.15. The highest BCUT2D eigenvalue weighted by atomic mass is 32.2. The maximum atomic E-state index is 5.76. The molecule has 0 radical (unpaired) electrons. The first-order valence-corrected chi connectivity index (χ1v) is 10.4. The molecule has 4 nitrogen and oxygen atoms in total. The fourth-order valence-electron chi connectivity index (χ4n) is 4.20. The minimum Gasteiger partial charge on any atom is -0.495 e. The lowest BCUT2D eigenvalue weighted by Crippen LogP contribution is -2.46. The van der Waals surface area contributed by atoms with Gasteiger partial charge in [-0.1, -0.05) is 6.08 Å². The van der Waals surface area contributed by atoms with Crippen LogP contribution < -0.4 is 14.4 Å². The van der Waals surface area contributed by atoms with Crippen molar-refractivity contribution >= 4 is 17.4 Å². The molecule has 3 aliphatic heterocycles. The number of benzene rings is 1. The fraction of sp³-hybridized carbons (Fsp3) is 0.429. The highest BCUT2D eigenvalue weighted by Gasteiger charge is 2.24. The lowest BCUT2D eigenvalue weighted by molar-refractivity contribution is 0.279. The zero-order chi connectivity index (χ0) is 17.5. The summed E-state index contributed by atoms with van der Waals surface area (Å²) in [4.78, 5) is 5.00. The number of anilines is 1. The predicted molar refractivity (Wildman–Crippen MR) is 108 cm³/mol. The van der Waals surface area contributed by atoms with E-state index < -0.39 is 0 Å². The molecule has 136 valence electrons. The predicted octanol–water partition coefficient (Wildman–Crippen LogP) is 3.25. The van der Waals surface area contributed by atoms with Gasteiger partial charge in [0, 0.05) is 56.5 Å². The number of piperazine rings is 1. The third-order valence-corrected chi connectivity index (χ3v) is 6.53. The first-order valence-electron chi connectivity index (χ1n) is 9.34. The Hall–Kier alpha value is -1.85.